The Morgan fingerprint density at radius 3 is 2.41 bits per heavy atom. The second-order valence-electron chi connectivity index (χ2n) is 9.61. The Morgan fingerprint density at radius 2 is 1.82 bits per heavy atom. The second kappa shape index (κ2) is 10.2. The number of H-pyrrole nitrogens is 1. The van der Waals surface area contributed by atoms with Crippen LogP contribution in [0.25, 0.3) is 5.69 Å². The van der Waals surface area contributed by atoms with Crippen LogP contribution in [0.4, 0.5) is 5.82 Å². The van der Waals surface area contributed by atoms with Gasteiger partial charge in [0.25, 0.3) is 0 Å². The molecule has 8 nitrogen and oxygen atoms in total. The summed E-state index contributed by atoms with van der Waals surface area (Å²) in [5.41, 5.74) is 2.95. The maximum atomic E-state index is 13.5. The summed E-state index contributed by atoms with van der Waals surface area (Å²) in [5.74, 6) is -0.350. The summed E-state index contributed by atoms with van der Waals surface area (Å²) in [7, 11) is 0. The van der Waals surface area contributed by atoms with E-state index in [-0.39, 0.29) is 29.2 Å². The van der Waals surface area contributed by atoms with Crippen molar-refractivity contribution in [2.45, 2.75) is 65.3 Å². The molecule has 0 atom stereocenters. The summed E-state index contributed by atoms with van der Waals surface area (Å²) >= 11 is 0. The smallest absolute Gasteiger partial charge is 0.341 e. The normalized spacial score (nSPS) is 18.2. The molecule has 8 heteroatoms. The Kier molecular flexibility index (Phi) is 7.14. The van der Waals surface area contributed by atoms with Gasteiger partial charge in [-0.15, -0.1) is 5.10 Å². The van der Waals surface area contributed by atoms with Crippen molar-refractivity contribution >= 4 is 17.7 Å². The Bertz CT molecular complexity index is 1110. The maximum absolute atomic E-state index is 13.5. The number of aromatic amines is 1. The highest BCUT2D eigenvalue weighted by Crippen LogP contribution is 2.32. The van der Waals surface area contributed by atoms with E-state index in [2.05, 4.69) is 22.2 Å². The number of anilines is 1. The summed E-state index contributed by atoms with van der Waals surface area (Å²) in [6.45, 7) is 6.03. The zero-order chi connectivity index (χ0) is 24.2. The molecule has 1 fully saturated rings. The van der Waals surface area contributed by atoms with Gasteiger partial charge in [-0.25, -0.2) is 9.48 Å². The van der Waals surface area contributed by atoms with Gasteiger partial charge in [0.2, 0.25) is 5.91 Å². The van der Waals surface area contributed by atoms with E-state index in [1.54, 1.807) is 9.58 Å². The van der Waals surface area contributed by atoms with Gasteiger partial charge in [-0.2, -0.15) is 5.10 Å². The van der Waals surface area contributed by atoms with Gasteiger partial charge in [0, 0.05) is 24.4 Å². The number of amides is 1. The number of carboxylic acid groups (broad SMARTS) is 1. The lowest BCUT2D eigenvalue weighted by Crippen LogP contribution is -2.43. The number of benzene rings is 1. The molecule has 0 radical (unpaired) electrons. The van der Waals surface area contributed by atoms with Gasteiger partial charge in [-0.1, -0.05) is 19.1 Å². The minimum atomic E-state index is -1.09. The zero-order valence-corrected chi connectivity index (χ0v) is 20.1. The largest absolute Gasteiger partial charge is 0.477 e. The zero-order valence-electron chi connectivity index (χ0n) is 20.1. The molecule has 0 spiro atoms. The Hall–Kier alpha value is -3.42. The van der Waals surface area contributed by atoms with Crippen LogP contribution >= 0.6 is 0 Å². The quantitative estimate of drug-likeness (QED) is 0.506. The molecular weight excluding hydrogens is 430 g/mol. The highest BCUT2D eigenvalue weighted by Gasteiger charge is 2.34. The third-order valence-electron chi connectivity index (χ3n) is 6.70. The fourth-order valence-corrected chi connectivity index (χ4v) is 4.65. The standard InChI is InChI=1S/C26H33N5O3/c1-17(2)31(25(32)20-9-4-18(3)5-10-20)24-23(26(33)34)16-30(29-24)22-12-7-19(8-13-22)6-11-21-14-15-27-28-21/h7-8,12-18,20H,4-6,9-11H2,1-3H3,(H,27,28)(H,33,34)/t18-,20-. The molecule has 0 aliphatic heterocycles. The fraction of sp³-hybridized carbons (Fsp3) is 0.462. The Labute approximate surface area is 200 Å². The van der Waals surface area contributed by atoms with Gasteiger partial charge in [-0.05, 0) is 82.1 Å². The van der Waals surface area contributed by atoms with Crippen LogP contribution in [0.1, 0.15) is 68.1 Å². The Balaban J connectivity index is 1.57. The average Bonchev–Trinajstić information content (AvgIpc) is 3.49. The van der Waals surface area contributed by atoms with E-state index in [0.717, 1.165) is 55.5 Å². The highest BCUT2D eigenvalue weighted by molar-refractivity contribution is 6.01. The van der Waals surface area contributed by atoms with Gasteiger partial charge in [0.15, 0.2) is 5.82 Å². The fourth-order valence-electron chi connectivity index (χ4n) is 4.65. The molecule has 180 valence electrons. The van der Waals surface area contributed by atoms with Crippen LogP contribution in [0, 0.1) is 11.8 Å². The Morgan fingerprint density at radius 1 is 1.12 bits per heavy atom. The van der Waals surface area contributed by atoms with E-state index in [9.17, 15) is 14.7 Å². The number of nitrogens with one attached hydrogen (secondary N) is 1. The third kappa shape index (κ3) is 5.21. The monoisotopic (exact) mass is 463 g/mol. The van der Waals surface area contributed by atoms with Gasteiger partial charge in [0.05, 0.1) is 11.4 Å². The number of carboxylic acids is 1. The van der Waals surface area contributed by atoms with Gasteiger partial charge in [0.1, 0.15) is 5.56 Å². The molecule has 0 unspecified atom stereocenters. The van der Waals surface area contributed by atoms with E-state index in [1.165, 1.54) is 6.20 Å². The molecule has 4 rings (SSSR count). The molecule has 1 aromatic carbocycles. The molecule has 1 aliphatic carbocycles. The van der Waals surface area contributed by atoms with Gasteiger partial charge in [-0.3, -0.25) is 14.8 Å². The minimum absolute atomic E-state index is 0.0247. The molecule has 2 heterocycles. The lowest BCUT2D eigenvalue weighted by Gasteiger charge is -2.32. The number of aromatic carboxylic acids is 1. The predicted molar refractivity (Wildman–Crippen MR) is 130 cm³/mol. The number of aromatic nitrogens is 4. The first-order valence-electron chi connectivity index (χ1n) is 12.1. The van der Waals surface area contributed by atoms with Gasteiger partial charge < -0.3 is 5.11 Å². The third-order valence-corrected chi connectivity index (χ3v) is 6.70. The number of aryl methyl sites for hydroxylation is 2. The number of rotatable bonds is 8. The number of nitrogens with zero attached hydrogens (tertiary/aromatic N) is 4. The SMILES string of the molecule is CC(C)N(c1nn(-c2ccc(CCc3cc[nH]n3)cc2)cc1C(=O)O)C(=O)[C@H]1CC[C@H](C)CC1. The second-order valence-corrected chi connectivity index (χ2v) is 9.61. The molecule has 3 aromatic rings. The molecule has 34 heavy (non-hydrogen) atoms. The van der Waals surface area contributed by atoms with Crippen molar-refractivity contribution in [3.05, 3.63) is 59.5 Å². The number of hydrogen-bond donors (Lipinski definition) is 2. The summed E-state index contributed by atoms with van der Waals surface area (Å²) in [4.78, 5) is 27.1. The van der Waals surface area contributed by atoms with Crippen LogP contribution in [0.15, 0.2) is 42.7 Å². The maximum Gasteiger partial charge on any atom is 0.341 e. The first kappa shape index (κ1) is 23.7. The van der Waals surface area contributed by atoms with E-state index < -0.39 is 5.97 Å². The van der Waals surface area contributed by atoms with E-state index in [4.69, 9.17) is 0 Å². The first-order valence-corrected chi connectivity index (χ1v) is 12.1. The van der Waals surface area contributed by atoms with Crippen LogP contribution in [0.5, 0.6) is 0 Å². The van der Waals surface area contributed by atoms with E-state index in [0.29, 0.717) is 5.92 Å². The number of carbonyl (C=O) groups is 2. The van der Waals surface area contributed by atoms with Crippen molar-refractivity contribution in [3.63, 3.8) is 0 Å². The number of carbonyl (C=O) groups excluding carboxylic acids is 1. The van der Waals surface area contributed by atoms with Gasteiger partial charge >= 0.3 is 5.97 Å². The summed E-state index contributed by atoms with van der Waals surface area (Å²) < 4.78 is 1.56. The van der Waals surface area contributed by atoms with Crippen molar-refractivity contribution in [3.8, 4) is 5.69 Å². The summed E-state index contributed by atoms with van der Waals surface area (Å²) in [6.07, 6.45) is 8.73. The van der Waals surface area contributed by atoms with Crippen molar-refractivity contribution < 1.29 is 14.7 Å². The first-order chi connectivity index (χ1) is 16.3. The molecule has 0 bridgehead atoms. The van der Waals surface area contributed by atoms with Crippen LogP contribution in [-0.2, 0) is 17.6 Å². The van der Waals surface area contributed by atoms with Crippen molar-refractivity contribution in [1.29, 1.82) is 0 Å². The van der Waals surface area contributed by atoms with Crippen LogP contribution in [0.2, 0.25) is 0 Å². The average molecular weight is 464 g/mol. The van der Waals surface area contributed by atoms with E-state index in [1.807, 2.05) is 50.4 Å². The molecule has 2 N–H and O–H groups in total. The topological polar surface area (TPSA) is 104 Å². The van der Waals surface area contributed by atoms with Crippen LogP contribution in [0.3, 0.4) is 0 Å². The summed E-state index contributed by atoms with van der Waals surface area (Å²) in [5, 5.41) is 21.5. The van der Waals surface area contributed by atoms with Crippen molar-refractivity contribution in [2.75, 3.05) is 4.90 Å². The molecule has 2 aromatic heterocycles. The minimum Gasteiger partial charge on any atom is -0.477 e. The molecular formula is C26H33N5O3. The lowest BCUT2D eigenvalue weighted by atomic mass is 9.82. The van der Waals surface area contributed by atoms with E-state index >= 15 is 0 Å². The molecule has 1 aliphatic rings. The van der Waals surface area contributed by atoms with Crippen LogP contribution in [-0.4, -0.2) is 43.0 Å². The molecule has 1 saturated carbocycles. The van der Waals surface area contributed by atoms with Crippen molar-refractivity contribution in [2.24, 2.45) is 11.8 Å². The molecule has 0 saturated heterocycles. The number of hydrogen-bond acceptors (Lipinski definition) is 4. The lowest BCUT2D eigenvalue weighted by molar-refractivity contribution is -0.123. The molecule has 1 amide bonds. The summed E-state index contributed by atoms with van der Waals surface area (Å²) in [6, 6.07) is 9.63. The predicted octanol–water partition coefficient (Wildman–Crippen LogP) is 4.65. The van der Waals surface area contributed by atoms with Crippen molar-refractivity contribution in [1.82, 2.24) is 20.0 Å². The van der Waals surface area contributed by atoms with Crippen LogP contribution < -0.4 is 4.90 Å². The highest BCUT2D eigenvalue weighted by atomic mass is 16.4.